The fourth-order valence-corrected chi connectivity index (χ4v) is 5.33. The number of imidazole rings is 1. The average Bonchev–Trinajstić information content (AvgIpc) is 3.28. The molecule has 0 spiro atoms. The second-order valence-electron chi connectivity index (χ2n) is 10.8. The number of aryl methyl sites for hydroxylation is 1. The van der Waals surface area contributed by atoms with Gasteiger partial charge >= 0.3 is 0 Å². The summed E-state index contributed by atoms with van der Waals surface area (Å²) in [6, 6.07) is 18.0. The van der Waals surface area contributed by atoms with Crippen LogP contribution in [-0.4, -0.2) is 52.1 Å². The molecule has 0 bridgehead atoms. The van der Waals surface area contributed by atoms with Gasteiger partial charge in [-0.05, 0) is 74.1 Å². The van der Waals surface area contributed by atoms with Crippen molar-refractivity contribution in [2.24, 2.45) is 0 Å². The van der Waals surface area contributed by atoms with Gasteiger partial charge in [0.1, 0.15) is 29.8 Å². The van der Waals surface area contributed by atoms with Crippen molar-refractivity contribution in [3.05, 3.63) is 101 Å². The molecule has 0 unspecified atom stereocenters. The lowest BCUT2D eigenvalue weighted by molar-refractivity contribution is 0.142. The molecule has 1 N–H and O–H groups in total. The van der Waals surface area contributed by atoms with Crippen LogP contribution in [0.2, 0.25) is 0 Å². The van der Waals surface area contributed by atoms with Gasteiger partial charge in [0, 0.05) is 29.8 Å². The monoisotopic (exact) mass is 572 g/mol. The molecule has 0 radical (unpaired) electrons. The number of H-pyrrole nitrogens is 1. The first-order valence-corrected chi connectivity index (χ1v) is 13.8. The summed E-state index contributed by atoms with van der Waals surface area (Å²) in [5.41, 5.74) is 6.72. The van der Waals surface area contributed by atoms with Crippen LogP contribution in [0.25, 0.3) is 22.2 Å². The normalized spacial score (nSPS) is 13.5. The van der Waals surface area contributed by atoms with Crippen LogP contribution in [0.1, 0.15) is 40.5 Å². The molecule has 7 nitrogen and oxygen atoms in total. The van der Waals surface area contributed by atoms with E-state index in [0.717, 1.165) is 50.9 Å². The minimum Gasteiger partial charge on any atom is -0.491 e. The first-order valence-electron chi connectivity index (χ1n) is 13.8. The summed E-state index contributed by atoms with van der Waals surface area (Å²) in [7, 11) is 3.97. The second-order valence-corrected chi connectivity index (χ2v) is 10.8. The lowest BCUT2D eigenvalue weighted by Gasteiger charge is -2.26. The Balaban J connectivity index is 1.36. The van der Waals surface area contributed by atoms with Crippen molar-refractivity contribution in [2.75, 3.05) is 32.1 Å². The number of halogens is 3. The van der Waals surface area contributed by atoms with E-state index in [4.69, 9.17) is 14.7 Å². The van der Waals surface area contributed by atoms with E-state index in [9.17, 15) is 13.2 Å². The van der Waals surface area contributed by atoms with Gasteiger partial charge in [0.05, 0.1) is 24.1 Å². The van der Waals surface area contributed by atoms with E-state index in [1.54, 1.807) is 18.2 Å². The summed E-state index contributed by atoms with van der Waals surface area (Å²) in [5.74, 6) is 1.75. The first-order chi connectivity index (χ1) is 20.2. The Kier molecular flexibility index (Phi) is 7.55. The van der Waals surface area contributed by atoms with Gasteiger partial charge in [-0.3, -0.25) is 0 Å². The van der Waals surface area contributed by atoms with Gasteiger partial charge in [-0.25, -0.2) is 28.1 Å². The number of nitrogens with one attached hydrogen (secondary N) is 1. The number of rotatable bonds is 7. The highest BCUT2D eigenvalue weighted by Crippen LogP contribution is 2.34. The van der Waals surface area contributed by atoms with Gasteiger partial charge in [0.25, 0.3) is 6.43 Å². The number of nitrogens with zero attached hydrogens (tertiary/aromatic N) is 5. The molecular weight excluding hydrogens is 541 g/mol. The highest BCUT2D eigenvalue weighted by molar-refractivity contribution is 5.82. The molecule has 1 aliphatic heterocycles. The zero-order valence-electron chi connectivity index (χ0n) is 23.7. The van der Waals surface area contributed by atoms with E-state index in [-0.39, 0.29) is 11.6 Å². The molecule has 0 amide bonds. The van der Waals surface area contributed by atoms with E-state index in [2.05, 4.69) is 20.9 Å². The van der Waals surface area contributed by atoms with Crippen molar-refractivity contribution in [3.8, 4) is 16.9 Å². The van der Waals surface area contributed by atoms with Gasteiger partial charge < -0.3 is 19.5 Å². The van der Waals surface area contributed by atoms with Crippen LogP contribution < -0.4 is 9.64 Å². The third-order valence-corrected chi connectivity index (χ3v) is 7.37. The lowest BCUT2D eigenvalue weighted by Crippen LogP contribution is -2.29. The summed E-state index contributed by atoms with van der Waals surface area (Å²) in [6.45, 7) is 4.24. The van der Waals surface area contributed by atoms with Crippen LogP contribution in [0.3, 0.4) is 0 Å². The molecule has 6 rings (SSSR count). The molecule has 3 heterocycles. The van der Waals surface area contributed by atoms with Crippen molar-refractivity contribution >= 4 is 16.9 Å². The van der Waals surface area contributed by atoms with Crippen molar-refractivity contribution in [1.29, 1.82) is 0 Å². The summed E-state index contributed by atoms with van der Waals surface area (Å²) >= 11 is 0. The number of aromatic nitrogens is 4. The Morgan fingerprint density at radius 1 is 0.976 bits per heavy atom. The molecule has 1 aliphatic rings. The Bertz CT molecular complexity index is 1740. The predicted molar refractivity (Wildman–Crippen MR) is 156 cm³/mol. The van der Waals surface area contributed by atoms with E-state index in [1.165, 1.54) is 12.1 Å². The number of benzene rings is 3. The van der Waals surface area contributed by atoms with Crippen LogP contribution in [-0.2, 0) is 19.5 Å². The highest BCUT2D eigenvalue weighted by Gasteiger charge is 2.23. The van der Waals surface area contributed by atoms with Crippen molar-refractivity contribution in [1.82, 2.24) is 24.8 Å². The third-order valence-electron chi connectivity index (χ3n) is 7.37. The van der Waals surface area contributed by atoms with Crippen LogP contribution in [0.15, 0.2) is 60.7 Å². The molecule has 5 aromatic rings. The van der Waals surface area contributed by atoms with Crippen LogP contribution in [0.5, 0.6) is 5.75 Å². The number of hydrogen-bond donors (Lipinski definition) is 1. The van der Waals surface area contributed by atoms with Gasteiger partial charge in [0.15, 0.2) is 5.82 Å². The van der Waals surface area contributed by atoms with Crippen molar-refractivity contribution in [3.63, 3.8) is 0 Å². The molecule has 216 valence electrons. The minimum atomic E-state index is -2.66. The number of ether oxygens (including phenoxy) is 1. The molecular formula is C32H31F3N6O. The predicted octanol–water partition coefficient (Wildman–Crippen LogP) is 6.46. The number of anilines is 1. The number of aromatic amines is 1. The largest absolute Gasteiger partial charge is 0.491 e. The number of hydrogen-bond acceptors (Lipinski definition) is 6. The minimum absolute atomic E-state index is 0.272. The second kappa shape index (κ2) is 11.4. The van der Waals surface area contributed by atoms with Crippen molar-refractivity contribution < 1.29 is 17.9 Å². The fourth-order valence-electron chi connectivity index (χ4n) is 5.33. The Morgan fingerprint density at radius 2 is 1.74 bits per heavy atom. The molecule has 10 heteroatoms. The van der Waals surface area contributed by atoms with Gasteiger partial charge in [-0.2, -0.15) is 0 Å². The molecule has 0 saturated heterocycles. The van der Waals surface area contributed by atoms with Gasteiger partial charge in [-0.15, -0.1) is 0 Å². The maximum atomic E-state index is 13.6. The fraction of sp³-hybridized carbons (Fsp3) is 0.281. The van der Waals surface area contributed by atoms with Crippen molar-refractivity contribution in [2.45, 2.75) is 32.9 Å². The number of alkyl halides is 2. The maximum absolute atomic E-state index is 13.6. The standard InChI is InChI=1S/C32H31F3N6O/c1-19-25(14-20-4-8-24(33)9-5-20)32(39-29(36-19)18-40(2)3)41-12-13-42-28-11-7-21(15-23(28)17-41)22-6-10-26-27(16-22)38-31(37-26)30(34)35/h4-11,15-16,30H,12-14,17-18H2,1-3H3,(H,37,38). The summed E-state index contributed by atoms with van der Waals surface area (Å²) in [4.78, 5) is 20.8. The van der Waals surface area contributed by atoms with E-state index >= 15 is 0 Å². The smallest absolute Gasteiger partial charge is 0.295 e. The maximum Gasteiger partial charge on any atom is 0.295 e. The van der Waals surface area contributed by atoms with E-state index < -0.39 is 6.43 Å². The SMILES string of the molecule is Cc1nc(CN(C)C)nc(N2CCOc3ccc(-c4ccc5nc(C(F)F)[nH]c5c4)cc3C2)c1Cc1ccc(F)cc1. The first kappa shape index (κ1) is 27.7. The highest BCUT2D eigenvalue weighted by atomic mass is 19.3. The number of fused-ring (bicyclic) bond motifs is 2. The summed E-state index contributed by atoms with van der Waals surface area (Å²) in [6.07, 6.45) is -2.09. The van der Waals surface area contributed by atoms with Crippen LogP contribution in [0, 0.1) is 12.7 Å². The molecule has 2 aromatic heterocycles. The summed E-state index contributed by atoms with van der Waals surface area (Å²) < 4.78 is 46.1. The van der Waals surface area contributed by atoms with Crippen LogP contribution >= 0.6 is 0 Å². The Labute approximate surface area is 242 Å². The average molecular weight is 573 g/mol. The van der Waals surface area contributed by atoms with Gasteiger partial charge in [0.2, 0.25) is 0 Å². The zero-order valence-corrected chi connectivity index (χ0v) is 23.7. The molecule has 42 heavy (non-hydrogen) atoms. The topological polar surface area (TPSA) is 70.2 Å². The Hall–Kier alpha value is -4.44. The molecule has 0 aliphatic carbocycles. The quantitative estimate of drug-likeness (QED) is 0.242. The Morgan fingerprint density at radius 3 is 2.50 bits per heavy atom. The third kappa shape index (κ3) is 5.80. The molecule has 0 atom stereocenters. The van der Waals surface area contributed by atoms with Gasteiger partial charge in [-0.1, -0.05) is 24.3 Å². The molecule has 3 aromatic carbocycles. The van der Waals surface area contributed by atoms with E-state index in [1.807, 2.05) is 50.2 Å². The molecule has 0 saturated carbocycles. The van der Waals surface area contributed by atoms with Crippen LogP contribution in [0.4, 0.5) is 19.0 Å². The lowest BCUT2D eigenvalue weighted by atomic mass is 10.0. The summed E-state index contributed by atoms with van der Waals surface area (Å²) in [5, 5.41) is 0. The zero-order chi connectivity index (χ0) is 29.4. The molecule has 0 fully saturated rings. The van der Waals surface area contributed by atoms with E-state index in [0.29, 0.717) is 43.7 Å².